The maximum Gasteiger partial charge on any atom is 0.253 e. The second-order valence-electron chi connectivity index (χ2n) is 31.4. The number of ether oxygens (including phenoxy) is 8. The summed E-state index contributed by atoms with van der Waals surface area (Å²) in [7, 11) is 0. The van der Waals surface area contributed by atoms with Gasteiger partial charge in [-0.3, -0.25) is 24.7 Å². The van der Waals surface area contributed by atoms with Crippen LogP contribution in [-0.4, -0.2) is 166 Å². The first-order chi connectivity index (χ1) is 60.7. The number of carbonyl (C=O) groups excluding carboxylic acids is 1. The molecule has 6 N–H and O–H groups in total. The molecule has 12 aromatic rings. The van der Waals surface area contributed by atoms with Crippen LogP contribution < -0.4 is 40.2 Å². The van der Waals surface area contributed by atoms with Crippen molar-refractivity contribution in [2.75, 3.05) is 52.9 Å². The molecule has 1 aliphatic carbocycles. The van der Waals surface area contributed by atoms with Crippen LogP contribution in [0.4, 0.5) is 0 Å². The minimum atomic E-state index is -0.550. The summed E-state index contributed by atoms with van der Waals surface area (Å²) in [5.74, 6) is 5.26. The Balaban J connectivity index is 0.000000135. The maximum atomic E-state index is 12.6. The van der Waals surface area contributed by atoms with Crippen molar-refractivity contribution in [2.24, 2.45) is 0 Å². The van der Waals surface area contributed by atoms with Crippen LogP contribution in [0.5, 0.6) is 23.5 Å². The van der Waals surface area contributed by atoms with Crippen LogP contribution in [0.15, 0.2) is 178 Å². The molecule has 125 heavy (non-hydrogen) atoms. The Morgan fingerprint density at radius 3 is 1.05 bits per heavy atom. The number of hydrogen-bond acceptors (Lipinski definition) is 30. The van der Waals surface area contributed by atoms with Gasteiger partial charge in [0.05, 0.1) is 65.3 Å². The third kappa shape index (κ3) is 23.9. The smallest absolute Gasteiger partial charge is 0.253 e. The van der Waals surface area contributed by atoms with Crippen molar-refractivity contribution >= 4 is 23.0 Å². The Morgan fingerprint density at radius 2 is 0.720 bits per heavy atom. The van der Waals surface area contributed by atoms with Crippen LogP contribution in [0, 0.1) is 55.4 Å². The molecule has 4 aliphatic heterocycles. The van der Waals surface area contributed by atoms with Crippen LogP contribution in [0.3, 0.4) is 0 Å². The summed E-state index contributed by atoms with van der Waals surface area (Å²) in [4.78, 5) is 47.7. The van der Waals surface area contributed by atoms with Gasteiger partial charge in [0.25, 0.3) is 5.91 Å². The van der Waals surface area contributed by atoms with Crippen LogP contribution >= 0.6 is 0 Å². The zero-order chi connectivity index (χ0) is 87.3. The van der Waals surface area contributed by atoms with E-state index in [-0.39, 0.29) is 43.9 Å². The molecule has 0 unspecified atom stereocenters. The lowest BCUT2D eigenvalue weighted by Crippen LogP contribution is -2.45. The van der Waals surface area contributed by atoms with Crippen LogP contribution in [0.1, 0.15) is 158 Å². The third-order valence-electron chi connectivity index (χ3n) is 22.1. The summed E-state index contributed by atoms with van der Waals surface area (Å²) in [6, 6.07) is 29.2. The zero-order valence-corrected chi connectivity index (χ0v) is 71.7. The van der Waals surface area contributed by atoms with Crippen molar-refractivity contribution in [2.45, 2.75) is 175 Å². The number of amides is 1. The van der Waals surface area contributed by atoms with Gasteiger partial charge in [0.15, 0.2) is 0 Å². The molecular formula is C94H106N16O15. The largest absolute Gasteiger partial charge is 0.473 e. The Kier molecular flexibility index (Phi) is 30.0. The van der Waals surface area contributed by atoms with Gasteiger partial charge in [-0.2, -0.15) is 0 Å². The summed E-state index contributed by atoms with van der Waals surface area (Å²) in [6.07, 6.45) is 20.4. The third-order valence-corrected chi connectivity index (χ3v) is 22.1. The van der Waals surface area contributed by atoms with Crippen LogP contribution in [-0.2, 0) is 45.4 Å². The highest BCUT2D eigenvalue weighted by atomic mass is 16.5. The lowest BCUT2D eigenvalue weighted by Gasteiger charge is -2.30. The number of hydrogen-bond donors (Lipinski definition) is 6. The highest BCUT2D eigenvalue weighted by Crippen LogP contribution is 2.40. The average Bonchev–Trinajstić information content (AvgIpc) is 1.56. The van der Waals surface area contributed by atoms with Gasteiger partial charge in [-0.15, -0.1) is 0 Å². The molecule has 0 radical (unpaired) electrons. The van der Waals surface area contributed by atoms with E-state index >= 15 is 0 Å². The number of pyridine rings is 8. The standard InChI is InChI=1S/C25H28N4O3.3C23H26N4O4/c1-16(28-21-9-11-30-12-10-21)19-6-8-24(27-13-19)31-15-22-17(2)32-29-25(22)20-5-7-23(26-14-20)18-3-4-18;1-14-10-21(25-12-19(14)23(28)26-18-6-8-29-9-7-18)30-13-20-16(3)31-27-22(20)17-5-4-15(2)24-11-17;2*1-14-4-5-18(11-24-14)23-19(16(3)31-27-23)12-30-22-7-6-17(10-25-22)15(2)26-20-8-9-29-13-21(20)28/h5-8,13-14,18,21,28H,1,3-4,9-12,15H2,2H3;4-5,10-12,18H,6-9,13H2,1-3H3,(H,26,28);2*4-7,10-11,20-21,26,28H,2,8-9,12-13H2,1,3H3/t;;2*20-,21-/m..10/s1. The first-order valence-electron chi connectivity index (χ1n) is 42.0. The predicted molar refractivity (Wildman–Crippen MR) is 465 cm³/mol. The fourth-order valence-corrected chi connectivity index (χ4v) is 14.2. The molecule has 5 fully saturated rings. The van der Waals surface area contributed by atoms with Gasteiger partial charge in [0, 0.05) is 210 Å². The second kappa shape index (κ2) is 42.5. The molecule has 1 saturated carbocycles. The molecule has 17 rings (SSSR count). The van der Waals surface area contributed by atoms with Gasteiger partial charge in [-0.1, -0.05) is 40.4 Å². The fourth-order valence-electron chi connectivity index (χ4n) is 14.2. The molecular weight excluding hydrogens is 1590 g/mol. The Hall–Kier alpha value is -12.9. The molecule has 12 aromatic heterocycles. The van der Waals surface area contributed by atoms with E-state index in [1.807, 2.05) is 122 Å². The summed E-state index contributed by atoms with van der Waals surface area (Å²) in [5, 5.41) is 49.8. The van der Waals surface area contributed by atoms with Crippen LogP contribution in [0.2, 0.25) is 0 Å². The zero-order valence-electron chi connectivity index (χ0n) is 71.7. The number of rotatable bonds is 28. The monoisotopic (exact) mass is 1700 g/mol. The number of nitrogens with zero attached hydrogens (tertiary/aromatic N) is 12. The average molecular weight is 1700 g/mol. The van der Waals surface area contributed by atoms with Gasteiger partial charge in [0.1, 0.15) is 72.2 Å². The normalized spacial score (nSPS) is 17.0. The molecule has 0 spiro atoms. The fraction of sp³-hybridized carbons (Fsp3) is 0.372. The quantitative estimate of drug-likeness (QED) is 0.0265. The molecule has 31 nitrogen and oxygen atoms in total. The summed E-state index contributed by atoms with van der Waals surface area (Å²) in [5.41, 5.74) is 20.1. The van der Waals surface area contributed by atoms with E-state index in [4.69, 9.17) is 56.0 Å². The minimum absolute atomic E-state index is 0.0802. The number of aromatic nitrogens is 12. The predicted octanol–water partition coefficient (Wildman–Crippen LogP) is 14.3. The van der Waals surface area contributed by atoms with E-state index in [1.54, 1.807) is 61.6 Å². The molecule has 4 atom stereocenters. The van der Waals surface area contributed by atoms with Crippen molar-refractivity contribution in [1.82, 2.24) is 81.8 Å². The summed E-state index contributed by atoms with van der Waals surface area (Å²) in [6.45, 7) is 33.4. The lowest BCUT2D eigenvalue weighted by molar-refractivity contribution is -0.0237. The molecule has 16 heterocycles. The Labute approximate surface area is 725 Å². The Morgan fingerprint density at radius 1 is 0.376 bits per heavy atom. The summed E-state index contributed by atoms with van der Waals surface area (Å²) < 4.78 is 66.4. The van der Waals surface area contributed by atoms with E-state index in [0.29, 0.717) is 133 Å². The van der Waals surface area contributed by atoms with Crippen molar-refractivity contribution in [3.63, 3.8) is 0 Å². The van der Waals surface area contributed by atoms with Crippen molar-refractivity contribution in [3.05, 3.63) is 256 Å². The van der Waals surface area contributed by atoms with Crippen molar-refractivity contribution in [3.8, 4) is 68.5 Å². The molecule has 5 aliphatic rings. The molecule has 4 saturated heterocycles. The van der Waals surface area contributed by atoms with E-state index < -0.39 is 12.2 Å². The second-order valence-corrected chi connectivity index (χ2v) is 31.4. The summed E-state index contributed by atoms with van der Waals surface area (Å²) >= 11 is 0. The highest BCUT2D eigenvalue weighted by molar-refractivity contribution is 5.95. The van der Waals surface area contributed by atoms with Crippen molar-refractivity contribution < 1.29 is 71.0 Å². The number of aliphatic hydroxyl groups is 2. The number of aliphatic hydroxyl groups excluding tert-OH is 2. The van der Waals surface area contributed by atoms with E-state index in [2.05, 4.69) is 114 Å². The van der Waals surface area contributed by atoms with Gasteiger partial charge >= 0.3 is 0 Å². The SMILES string of the molecule is C=C(NC1CCOCC1)c1ccc(OCc2c(-c3ccc(C4CC4)nc3)noc2C)nc1.C=C(N[C@@H]1CCOC[C@H]1O)c1ccc(OCc2c(-c3ccc(C)nc3)noc2C)nc1.C=C(N[C@H]1CCOC[C@@H]1O)c1ccc(OCc2c(-c3ccc(C)nc3)noc2C)nc1.Cc1ccc(-c2noc(C)c2COc2cc(C)c(C(=O)NC3CCOCC3)cn2)cn1. The van der Waals surface area contributed by atoms with E-state index in [9.17, 15) is 15.0 Å². The Bertz CT molecular complexity index is 5380. The van der Waals surface area contributed by atoms with Gasteiger partial charge in [-0.05, 0) is 179 Å². The van der Waals surface area contributed by atoms with Crippen molar-refractivity contribution in [1.29, 1.82) is 0 Å². The number of carbonyl (C=O) groups is 1. The molecule has 1 amide bonds. The van der Waals surface area contributed by atoms with Gasteiger partial charge in [0.2, 0.25) is 23.5 Å². The first-order valence-corrected chi connectivity index (χ1v) is 42.0. The minimum Gasteiger partial charge on any atom is -0.473 e. The molecule has 0 aromatic carbocycles. The maximum absolute atomic E-state index is 12.6. The van der Waals surface area contributed by atoms with Gasteiger partial charge in [-0.25, -0.2) is 19.9 Å². The molecule has 31 heteroatoms. The van der Waals surface area contributed by atoms with E-state index in [1.165, 1.54) is 12.8 Å². The lowest BCUT2D eigenvalue weighted by atomic mass is 10.1. The van der Waals surface area contributed by atoms with Crippen LogP contribution in [0.25, 0.3) is 62.1 Å². The molecule has 652 valence electrons. The first kappa shape index (κ1) is 88.4. The molecule has 0 bridgehead atoms. The number of nitrogens with one attached hydrogen (secondary N) is 4. The number of aryl methyl sites for hydroxylation is 8. The van der Waals surface area contributed by atoms with E-state index in [0.717, 1.165) is 158 Å². The van der Waals surface area contributed by atoms with Gasteiger partial charge < -0.3 is 87.5 Å². The topological polar surface area (TPSA) is 387 Å². The highest BCUT2D eigenvalue weighted by Gasteiger charge is 2.29.